The van der Waals surface area contributed by atoms with Gasteiger partial charge in [0.15, 0.2) is 0 Å². The van der Waals surface area contributed by atoms with Gasteiger partial charge in [-0.05, 0) is 31.0 Å². The van der Waals surface area contributed by atoms with E-state index in [-0.39, 0.29) is 24.0 Å². The number of carbonyl (C=O) groups excluding carboxylic acids is 1. The lowest BCUT2D eigenvalue weighted by molar-refractivity contribution is 0.0993. The number of hydrogen-bond donors (Lipinski definition) is 2. The van der Waals surface area contributed by atoms with E-state index in [1.54, 1.807) is 35.2 Å². The first-order chi connectivity index (χ1) is 11.5. The second-order valence-electron chi connectivity index (χ2n) is 5.74. The normalized spacial score (nSPS) is 13.9. The fourth-order valence-corrected chi connectivity index (χ4v) is 4.34. The van der Waals surface area contributed by atoms with Crippen LogP contribution in [0, 0.1) is 0 Å². The molecule has 0 radical (unpaired) electrons. The molecule has 0 unspecified atom stereocenters. The zero-order valence-corrected chi connectivity index (χ0v) is 14.3. The molecular weight excluding hydrogens is 328 g/mol. The molecule has 2 aromatic rings. The van der Waals surface area contributed by atoms with Crippen LogP contribution in [0.4, 0.5) is 5.69 Å². The molecule has 24 heavy (non-hydrogen) atoms. The average Bonchev–Trinajstić information content (AvgIpc) is 2.83. The van der Waals surface area contributed by atoms with Crippen LogP contribution in [-0.2, 0) is 10.0 Å². The maximum atomic E-state index is 12.6. The molecule has 3 rings (SSSR count). The number of rotatable bonds is 7. The largest absolute Gasteiger partial charge is 0.396 e. The van der Waals surface area contributed by atoms with Gasteiger partial charge in [0.1, 0.15) is 0 Å². The zero-order valence-electron chi connectivity index (χ0n) is 13.4. The van der Waals surface area contributed by atoms with Gasteiger partial charge in [-0.1, -0.05) is 19.1 Å². The number of carbonyl (C=O) groups is 1. The minimum Gasteiger partial charge on any atom is -0.396 e. The molecule has 6 nitrogen and oxygen atoms in total. The van der Waals surface area contributed by atoms with E-state index in [0.717, 1.165) is 12.1 Å². The maximum Gasteiger partial charge on any atom is 0.258 e. The average molecular weight is 348 g/mol. The molecule has 0 saturated carbocycles. The van der Waals surface area contributed by atoms with Crippen LogP contribution in [-0.4, -0.2) is 39.1 Å². The Kier molecular flexibility index (Phi) is 4.58. The second kappa shape index (κ2) is 6.51. The van der Waals surface area contributed by atoms with Crippen LogP contribution in [0.15, 0.2) is 35.2 Å². The summed E-state index contributed by atoms with van der Waals surface area (Å²) in [6.07, 6.45) is 1.17. The van der Waals surface area contributed by atoms with Crippen molar-refractivity contribution >= 4 is 32.4 Å². The Morgan fingerprint density at radius 1 is 1.21 bits per heavy atom. The van der Waals surface area contributed by atoms with Gasteiger partial charge in [-0.15, -0.1) is 0 Å². The minimum absolute atomic E-state index is 0.0766. The van der Waals surface area contributed by atoms with Gasteiger partial charge < -0.3 is 10.0 Å². The molecule has 0 saturated heterocycles. The van der Waals surface area contributed by atoms with Crippen LogP contribution in [0.5, 0.6) is 0 Å². The number of benzene rings is 2. The Labute approximate surface area is 141 Å². The molecule has 0 atom stereocenters. The van der Waals surface area contributed by atoms with Gasteiger partial charge in [-0.3, -0.25) is 4.79 Å². The molecule has 1 heterocycles. The number of amides is 1. The van der Waals surface area contributed by atoms with E-state index < -0.39 is 10.0 Å². The highest BCUT2D eigenvalue weighted by Crippen LogP contribution is 2.40. The van der Waals surface area contributed by atoms with Crippen molar-refractivity contribution in [2.45, 2.75) is 24.7 Å². The van der Waals surface area contributed by atoms with Crippen LogP contribution >= 0.6 is 0 Å². The number of aliphatic hydroxyl groups is 1. The minimum atomic E-state index is -3.70. The van der Waals surface area contributed by atoms with Gasteiger partial charge in [-0.25, -0.2) is 13.1 Å². The van der Waals surface area contributed by atoms with Crippen LogP contribution in [0.3, 0.4) is 0 Å². The Balaban J connectivity index is 2.13. The molecule has 0 spiro atoms. The highest BCUT2D eigenvalue weighted by atomic mass is 32.2. The number of nitrogens with one attached hydrogen (secondary N) is 1. The summed E-state index contributed by atoms with van der Waals surface area (Å²) in [5.74, 6) is -0.0831. The number of anilines is 1. The Morgan fingerprint density at radius 3 is 2.71 bits per heavy atom. The molecule has 2 aromatic carbocycles. The van der Waals surface area contributed by atoms with Crippen LogP contribution in [0.25, 0.3) is 10.8 Å². The highest BCUT2D eigenvalue weighted by molar-refractivity contribution is 7.89. The van der Waals surface area contributed by atoms with Crippen LogP contribution in [0.2, 0.25) is 0 Å². The molecule has 1 amide bonds. The summed E-state index contributed by atoms with van der Waals surface area (Å²) in [6, 6.07) is 8.42. The number of sulfonamides is 1. The van der Waals surface area contributed by atoms with Gasteiger partial charge in [0.05, 0.1) is 10.6 Å². The molecular formula is C17H20N2O4S. The Morgan fingerprint density at radius 2 is 2.00 bits per heavy atom. The van der Waals surface area contributed by atoms with Crippen molar-refractivity contribution < 1.29 is 18.3 Å². The van der Waals surface area contributed by atoms with E-state index >= 15 is 0 Å². The molecule has 0 fully saturated rings. The number of hydrogen-bond acceptors (Lipinski definition) is 4. The first-order valence-corrected chi connectivity index (χ1v) is 9.47. The topological polar surface area (TPSA) is 86.7 Å². The van der Waals surface area contributed by atoms with Gasteiger partial charge in [-0.2, -0.15) is 0 Å². The summed E-state index contributed by atoms with van der Waals surface area (Å²) in [5.41, 5.74) is 1.31. The third kappa shape index (κ3) is 2.68. The zero-order chi connectivity index (χ0) is 17.3. The Bertz CT molecular complexity index is 893. The lowest BCUT2D eigenvalue weighted by atomic mass is 10.1. The van der Waals surface area contributed by atoms with E-state index in [9.17, 15) is 13.2 Å². The van der Waals surface area contributed by atoms with E-state index in [0.29, 0.717) is 29.3 Å². The molecule has 1 aliphatic rings. The fourth-order valence-electron chi connectivity index (χ4n) is 3.06. The number of aliphatic hydroxyl groups excluding tert-OH is 1. The van der Waals surface area contributed by atoms with Gasteiger partial charge in [0.2, 0.25) is 10.0 Å². The summed E-state index contributed by atoms with van der Waals surface area (Å²) in [7, 11) is -3.70. The van der Waals surface area contributed by atoms with Crippen molar-refractivity contribution in [2.24, 2.45) is 0 Å². The maximum absolute atomic E-state index is 12.6. The third-order valence-electron chi connectivity index (χ3n) is 4.11. The molecule has 1 aliphatic heterocycles. The van der Waals surface area contributed by atoms with Crippen molar-refractivity contribution in [3.63, 3.8) is 0 Å². The number of nitrogens with zero attached hydrogens (tertiary/aromatic N) is 1. The molecule has 0 bridgehead atoms. The van der Waals surface area contributed by atoms with Gasteiger partial charge in [0.25, 0.3) is 5.91 Å². The molecule has 128 valence electrons. The van der Waals surface area contributed by atoms with E-state index in [2.05, 4.69) is 4.72 Å². The predicted molar refractivity (Wildman–Crippen MR) is 92.8 cm³/mol. The van der Waals surface area contributed by atoms with Crippen LogP contribution < -0.4 is 9.62 Å². The lowest BCUT2D eigenvalue weighted by Crippen LogP contribution is -2.27. The smallest absolute Gasteiger partial charge is 0.258 e. The quantitative estimate of drug-likeness (QED) is 0.748. The predicted octanol–water partition coefficient (Wildman–Crippen LogP) is 1.87. The summed E-state index contributed by atoms with van der Waals surface area (Å²) in [4.78, 5) is 14.4. The summed E-state index contributed by atoms with van der Waals surface area (Å²) in [6.45, 7) is 2.69. The van der Waals surface area contributed by atoms with E-state index in [4.69, 9.17) is 5.11 Å². The molecule has 0 aromatic heterocycles. The lowest BCUT2D eigenvalue weighted by Gasteiger charge is -2.17. The molecule has 7 heteroatoms. The van der Waals surface area contributed by atoms with Crippen molar-refractivity contribution in [1.29, 1.82) is 0 Å². The Hall–Kier alpha value is -1.96. The van der Waals surface area contributed by atoms with E-state index in [1.807, 2.05) is 6.92 Å². The second-order valence-corrected chi connectivity index (χ2v) is 7.48. The SMILES string of the molecule is CCCN1C(=O)c2cccc3c(S(=O)(=O)NCCCO)ccc1c23. The standard InChI is InChI=1S/C17H20N2O4S/c1-2-10-19-14-7-8-15(24(22,23)18-9-4-11-20)12-5-3-6-13(16(12)14)17(19)21/h3,5-8,18,20H,2,4,9-11H2,1H3. The third-order valence-corrected chi connectivity index (χ3v) is 5.63. The van der Waals surface area contributed by atoms with E-state index in [1.165, 1.54) is 0 Å². The van der Waals surface area contributed by atoms with Gasteiger partial charge in [0, 0.05) is 36.0 Å². The van der Waals surface area contributed by atoms with Crippen LogP contribution in [0.1, 0.15) is 30.1 Å². The fraction of sp³-hybridized carbons (Fsp3) is 0.353. The monoisotopic (exact) mass is 348 g/mol. The highest BCUT2D eigenvalue weighted by Gasteiger charge is 2.31. The van der Waals surface area contributed by atoms with Crippen molar-refractivity contribution in [3.8, 4) is 0 Å². The molecule has 2 N–H and O–H groups in total. The summed E-state index contributed by atoms with van der Waals surface area (Å²) < 4.78 is 27.6. The first kappa shape index (κ1) is 16.9. The molecule has 0 aliphatic carbocycles. The first-order valence-electron chi connectivity index (χ1n) is 7.99. The summed E-state index contributed by atoms with van der Waals surface area (Å²) in [5, 5.41) is 10.1. The van der Waals surface area contributed by atoms with Crippen molar-refractivity contribution in [2.75, 3.05) is 24.6 Å². The van der Waals surface area contributed by atoms with Gasteiger partial charge >= 0.3 is 0 Å². The van der Waals surface area contributed by atoms with Crippen molar-refractivity contribution in [1.82, 2.24) is 4.72 Å². The van der Waals surface area contributed by atoms with Crippen molar-refractivity contribution in [3.05, 3.63) is 35.9 Å². The summed E-state index contributed by atoms with van der Waals surface area (Å²) >= 11 is 0.